The number of aryl methyl sites for hydroxylation is 2. The van der Waals surface area contributed by atoms with Crippen molar-refractivity contribution in [1.82, 2.24) is 29.3 Å². The molecule has 0 aliphatic rings. The van der Waals surface area contributed by atoms with Crippen LogP contribution >= 0.6 is 0 Å². The van der Waals surface area contributed by atoms with Crippen molar-refractivity contribution in [3.63, 3.8) is 0 Å². The molecule has 0 aliphatic heterocycles. The van der Waals surface area contributed by atoms with Crippen molar-refractivity contribution < 1.29 is 14.7 Å². The first kappa shape index (κ1) is 18.4. The summed E-state index contributed by atoms with van der Waals surface area (Å²) in [5, 5.41) is 24.1. The topological polar surface area (TPSA) is 120 Å². The molecule has 3 aromatic heterocycles. The van der Waals surface area contributed by atoms with E-state index in [0.717, 1.165) is 17.8 Å². The van der Waals surface area contributed by atoms with Gasteiger partial charge >= 0.3 is 5.97 Å². The molecule has 0 radical (unpaired) electrons. The summed E-state index contributed by atoms with van der Waals surface area (Å²) in [5.41, 5.74) is 2.87. The van der Waals surface area contributed by atoms with Crippen LogP contribution in [-0.4, -0.2) is 46.3 Å². The van der Waals surface area contributed by atoms with Crippen LogP contribution in [0, 0.1) is 6.92 Å². The molecule has 10 nitrogen and oxygen atoms in total. The molecule has 3 heterocycles. The van der Waals surface area contributed by atoms with Crippen molar-refractivity contribution in [2.24, 2.45) is 0 Å². The van der Waals surface area contributed by atoms with Gasteiger partial charge in [0.15, 0.2) is 0 Å². The number of nitrogens with zero attached hydrogens (tertiary/aromatic N) is 6. The van der Waals surface area contributed by atoms with E-state index in [4.69, 9.17) is 5.11 Å². The lowest BCUT2D eigenvalue weighted by molar-refractivity contribution is -0.116. The maximum atomic E-state index is 12.1. The van der Waals surface area contributed by atoms with Gasteiger partial charge in [0.25, 0.3) is 0 Å². The minimum atomic E-state index is -1.04. The van der Waals surface area contributed by atoms with Crippen LogP contribution in [0.4, 0.5) is 5.69 Å². The Labute approximate surface area is 155 Å². The van der Waals surface area contributed by atoms with E-state index in [1.807, 2.05) is 24.7 Å². The van der Waals surface area contributed by atoms with Crippen LogP contribution < -0.4 is 5.32 Å². The lowest BCUT2D eigenvalue weighted by Crippen LogP contribution is -2.14. The number of amides is 1. The molecule has 3 aromatic rings. The highest BCUT2D eigenvalue weighted by Gasteiger charge is 2.10. The molecular formula is C17H21N7O3. The number of nitrogens with one attached hydrogen (secondary N) is 1. The molecule has 142 valence electrons. The number of carboxylic acids is 1. The Morgan fingerprint density at radius 2 is 1.89 bits per heavy atom. The number of carbonyl (C=O) groups is 2. The largest absolute Gasteiger partial charge is 0.478 e. The number of carbonyl (C=O) groups excluding carboxylic acids is 1. The van der Waals surface area contributed by atoms with Crippen LogP contribution in [0.15, 0.2) is 31.0 Å². The van der Waals surface area contributed by atoms with Gasteiger partial charge in [0, 0.05) is 43.2 Å². The van der Waals surface area contributed by atoms with Crippen LogP contribution in [0.25, 0.3) is 0 Å². The van der Waals surface area contributed by atoms with Crippen LogP contribution in [0.3, 0.4) is 0 Å². The number of anilines is 1. The molecule has 0 bridgehead atoms. The lowest BCUT2D eigenvalue weighted by Gasteiger charge is -2.04. The summed E-state index contributed by atoms with van der Waals surface area (Å²) < 4.78 is 5.10. The minimum Gasteiger partial charge on any atom is -0.478 e. The third-order valence-electron chi connectivity index (χ3n) is 4.20. The van der Waals surface area contributed by atoms with Gasteiger partial charge in [0.2, 0.25) is 5.91 Å². The van der Waals surface area contributed by atoms with Crippen molar-refractivity contribution in [2.75, 3.05) is 5.32 Å². The van der Waals surface area contributed by atoms with Crippen LogP contribution in [0.5, 0.6) is 0 Å². The summed E-state index contributed by atoms with van der Waals surface area (Å²) in [6, 6.07) is 0. The van der Waals surface area contributed by atoms with Gasteiger partial charge in [-0.3, -0.25) is 18.8 Å². The van der Waals surface area contributed by atoms with Gasteiger partial charge in [-0.25, -0.2) is 4.79 Å². The Kier molecular flexibility index (Phi) is 5.34. The quantitative estimate of drug-likeness (QED) is 0.617. The maximum Gasteiger partial charge on any atom is 0.338 e. The molecule has 0 unspecified atom stereocenters. The van der Waals surface area contributed by atoms with Gasteiger partial charge < -0.3 is 10.4 Å². The first-order valence-electron chi connectivity index (χ1n) is 8.55. The molecule has 3 rings (SSSR count). The van der Waals surface area contributed by atoms with E-state index in [1.54, 1.807) is 17.1 Å². The van der Waals surface area contributed by atoms with Crippen molar-refractivity contribution in [1.29, 1.82) is 0 Å². The molecule has 0 aromatic carbocycles. The fourth-order valence-electron chi connectivity index (χ4n) is 2.68. The average Bonchev–Trinajstić information content (AvgIpc) is 3.35. The number of carboxylic acid groups (broad SMARTS) is 1. The molecule has 10 heteroatoms. The van der Waals surface area contributed by atoms with E-state index < -0.39 is 5.97 Å². The predicted molar refractivity (Wildman–Crippen MR) is 96.4 cm³/mol. The fraction of sp³-hybridized carbons (Fsp3) is 0.353. The summed E-state index contributed by atoms with van der Waals surface area (Å²) >= 11 is 0. The van der Waals surface area contributed by atoms with E-state index in [0.29, 0.717) is 18.8 Å². The normalized spacial score (nSPS) is 10.9. The number of aromatic carboxylic acids is 1. The van der Waals surface area contributed by atoms with Gasteiger partial charge in [-0.2, -0.15) is 15.3 Å². The Morgan fingerprint density at radius 1 is 1.11 bits per heavy atom. The average molecular weight is 371 g/mol. The van der Waals surface area contributed by atoms with E-state index in [-0.39, 0.29) is 17.9 Å². The van der Waals surface area contributed by atoms with Crippen LogP contribution in [-0.2, 0) is 24.4 Å². The summed E-state index contributed by atoms with van der Waals surface area (Å²) in [7, 11) is 0. The molecule has 2 N–H and O–H groups in total. The molecule has 27 heavy (non-hydrogen) atoms. The van der Waals surface area contributed by atoms with Gasteiger partial charge in [-0.1, -0.05) is 0 Å². The first-order chi connectivity index (χ1) is 13.0. The molecular weight excluding hydrogens is 350 g/mol. The standard InChI is InChI=1S/C17H21N7O3/c1-3-24-12(2)13(6-20-24)9-23-11-15(8-19-23)21-16(25)4-5-22-10-14(7-18-22)17(26)27/h6-8,10-11H,3-5,9H2,1-2H3,(H,21,25)(H,26,27). The van der Waals surface area contributed by atoms with Gasteiger partial charge in [-0.05, 0) is 13.8 Å². The van der Waals surface area contributed by atoms with E-state index in [2.05, 4.69) is 20.6 Å². The Bertz CT molecular complexity index is 954. The third-order valence-corrected chi connectivity index (χ3v) is 4.20. The molecule has 0 atom stereocenters. The van der Waals surface area contributed by atoms with Crippen molar-refractivity contribution in [3.8, 4) is 0 Å². The maximum absolute atomic E-state index is 12.1. The SMILES string of the molecule is CCn1ncc(Cn2cc(NC(=O)CCn3cc(C(=O)O)cn3)cn2)c1C. The second-order valence-corrected chi connectivity index (χ2v) is 6.09. The second-order valence-electron chi connectivity index (χ2n) is 6.09. The zero-order valence-corrected chi connectivity index (χ0v) is 15.2. The van der Waals surface area contributed by atoms with Gasteiger partial charge in [0.1, 0.15) is 0 Å². The summed E-state index contributed by atoms with van der Waals surface area (Å²) in [4.78, 5) is 22.9. The monoisotopic (exact) mass is 371 g/mol. The Morgan fingerprint density at radius 3 is 2.56 bits per heavy atom. The zero-order chi connectivity index (χ0) is 19.4. The Hall–Kier alpha value is -3.43. The Balaban J connectivity index is 1.52. The highest BCUT2D eigenvalue weighted by molar-refractivity contribution is 5.90. The molecule has 1 amide bonds. The molecule has 0 saturated carbocycles. The highest BCUT2D eigenvalue weighted by atomic mass is 16.4. The smallest absolute Gasteiger partial charge is 0.338 e. The number of hydrogen-bond donors (Lipinski definition) is 2. The van der Waals surface area contributed by atoms with Crippen LogP contribution in [0.1, 0.15) is 35.0 Å². The molecule has 0 spiro atoms. The van der Waals surface area contributed by atoms with Crippen molar-refractivity contribution in [2.45, 2.75) is 39.9 Å². The summed E-state index contributed by atoms with van der Waals surface area (Å²) in [6.45, 7) is 5.74. The summed E-state index contributed by atoms with van der Waals surface area (Å²) in [5.74, 6) is -1.24. The van der Waals surface area contributed by atoms with E-state index in [9.17, 15) is 9.59 Å². The predicted octanol–water partition coefficient (Wildman–Crippen LogP) is 1.38. The molecule has 0 aliphatic carbocycles. The number of hydrogen-bond acceptors (Lipinski definition) is 5. The second kappa shape index (κ2) is 7.85. The highest BCUT2D eigenvalue weighted by Crippen LogP contribution is 2.12. The number of aromatic nitrogens is 6. The zero-order valence-electron chi connectivity index (χ0n) is 15.2. The lowest BCUT2D eigenvalue weighted by atomic mass is 10.2. The third kappa shape index (κ3) is 4.40. The fourth-order valence-corrected chi connectivity index (χ4v) is 2.68. The van der Waals surface area contributed by atoms with Gasteiger partial charge in [-0.15, -0.1) is 0 Å². The van der Waals surface area contributed by atoms with Crippen molar-refractivity contribution >= 4 is 17.6 Å². The first-order valence-corrected chi connectivity index (χ1v) is 8.55. The van der Waals surface area contributed by atoms with E-state index >= 15 is 0 Å². The summed E-state index contributed by atoms with van der Waals surface area (Å²) in [6.07, 6.45) is 8.01. The van der Waals surface area contributed by atoms with Crippen LogP contribution in [0.2, 0.25) is 0 Å². The minimum absolute atomic E-state index is 0.0957. The molecule has 0 saturated heterocycles. The van der Waals surface area contributed by atoms with Gasteiger partial charge in [0.05, 0.1) is 36.4 Å². The molecule has 0 fully saturated rings. The number of rotatable bonds is 8. The van der Waals surface area contributed by atoms with Crippen molar-refractivity contribution in [3.05, 3.63) is 47.8 Å². The van der Waals surface area contributed by atoms with E-state index in [1.165, 1.54) is 17.1 Å².